The summed E-state index contributed by atoms with van der Waals surface area (Å²) >= 11 is 7.34. The van der Waals surface area contributed by atoms with E-state index >= 15 is 0 Å². The Morgan fingerprint density at radius 2 is 1.75 bits per heavy atom. The van der Waals surface area contributed by atoms with E-state index in [-0.39, 0.29) is 30.4 Å². The van der Waals surface area contributed by atoms with Crippen LogP contribution in [0.3, 0.4) is 0 Å². The number of carboxylic acids is 1. The predicted molar refractivity (Wildman–Crippen MR) is 109 cm³/mol. The number of hydrogen-bond acceptors (Lipinski definition) is 5. The van der Waals surface area contributed by atoms with E-state index in [1.54, 1.807) is 36.4 Å². The zero-order chi connectivity index (χ0) is 20.5. The Labute approximate surface area is 171 Å². The fraction of sp³-hybridized carbons (Fsp3) is 0.211. The van der Waals surface area contributed by atoms with Crippen molar-refractivity contribution in [2.45, 2.75) is 17.7 Å². The number of aliphatic carboxylic acids is 1. The molecule has 0 bridgehead atoms. The van der Waals surface area contributed by atoms with Crippen molar-refractivity contribution in [3.05, 3.63) is 47.5 Å². The van der Waals surface area contributed by atoms with Crippen molar-refractivity contribution >= 4 is 52.5 Å². The van der Waals surface area contributed by atoms with Gasteiger partial charge in [0.1, 0.15) is 5.75 Å². The first-order valence-electron chi connectivity index (χ1n) is 8.25. The maximum absolute atomic E-state index is 12.1. The first-order valence-corrected chi connectivity index (χ1v) is 9.61. The molecule has 2 amide bonds. The average Bonchev–Trinajstić information content (AvgIpc) is 2.65. The van der Waals surface area contributed by atoms with Gasteiger partial charge < -0.3 is 20.5 Å². The summed E-state index contributed by atoms with van der Waals surface area (Å²) < 4.78 is 5.07. The van der Waals surface area contributed by atoms with Crippen LogP contribution in [0.25, 0.3) is 0 Å². The van der Waals surface area contributed by atoms with Crippen LogP contribution in [0.5, 0.6) is 5.75 Å². The molecule has 2 rings (SSSR count). The lowest BCUT2D eigenvalue weighted by Gasteiger charge is -2.09. The highest BCUT2D eigenvalue weighted by atomic mass is 35.5. The number of thioether (sulfide) groups is 1. The molecule has 0 aromatic heterocycles. The second-order valence-corrected chi connectivity index (χ2v) is 7.11. The zero-order valence-electron chi connectivity index (χ0n) is 15.0. The van der Waals surface area contributed by atoms with Crippen LogP contribution >= 0.6 is 23.4 Å². The topological polar surface area (TPSA) is 105 Å². The standard InChI is InChI=1S/C19H19ClN2O5S/c1-27-16-6-5-13(10-15(16)20)22-18(24)11-28-14-4-2-3-12(9-14)21-17(23)7-8-19(25)26/h2-6,9-10H,7-8,11H2,1H3,(H,21,23)(H,22,24)(H,25,26). The molecule has 2 aromatic carbocycles. The Bertz CT molecular complexity index is 875. The molecule has 0 spiro atoms. The van der Waals surface area contributed by atoms with Gasteiger partial charge in [-0.1, -0.05) is 17.7 Å². The van der Waals surface area contributed by atoms with Crippen LogP contribution in [-0.4, -0.2) is 35.8 Å². The minimum absolute atomic E-state index is 0.0977. The van der Waals surface area contributed by atoms with Crippen LogP contribution < -0.4 is 15.4 Å². The van der Waals surface area contributed by atoms with Crippen LogP contribution in [0, 0.1) is 0 Å². The molecule has 3 N–H and O–H groups in total. The van der Waals surface area contributed by atoms with Crippen LogP contribution in [0.2, 0.25) is 5.02 Å². The maximum Gasteiger partial charge on any atom is 0.303 e. The van der Waals surface area contributed by atoms with Crippen molar-refractivity contribution in [2.24, 2.45) is 0 Å². The van der Waals surface area contributed by atoms with Gasteiger partial charge in [0.2, 0.25) is 11.8 Å². The van der Waals surface area contributed by atoms with Gasteiger partial charge in [0, 0.05) is 22.7 Å². The number of rotatable bonds is 9. The van der Waals surface area contributed by atoms with E-state index in [1.165, 1.54) is 18.9 Å². The normalized spacial score (nSPS) is 10.2. The largest absolute Gasteiger partial charge is 0.495 e. The van der Waals surface area contributed by atoms with Gasteiger partial charge in [-0.25, -0.2) is 0 Å². The van der Waals surface area contributed by atoms with Gasteiger partial charge >= 0.3 is 5.97 Å². The second kappa shape index (κ2) is 10.6. The molecule has 0 atom stereocenters. The maximum atomic E-state index is 12.1. The van der Waals surface area contributed by atoms with E-state index in [4.69, 9.17) is 21.4 Å². The van der Waals surface area contributed by atoms with Gasteiger partial charge in [0.25, 0.3) is 0 Å². The van der Waals surface area contributed by atoms with Crippen molar-refractivity contribution in [2.75, 3.05) is 23.5 Å². The summed E-state index contributed by atoms with van der Waals surface area (Å²) in [5.41, 5.74) is 1.11. The number of amides is 2. The highest BCUT2D eigenvalue weighted by Crippen LogP contribution is 2.27. The molecular weight excluding hydrogens is 404 g/mol. The van der Waals surface area contributed by atoms with E-state index < -0.39 is 5.97 Å². The lowest BCUT2D eigenvalue weighted by atomic mass is 10.2. The van der Waals surface area contributed by atoms with Gasteiger partial charge in [-0.3, -0.25) is 14.4 Å². The number of carbonyl (C=O) groups is 3. The molecule has 0 fully saturated rings. The highest BCUT2D eigenvalue weighted by Gasteiger charge is 2.09. The minimum atomic E-state index is -1.02. The van der Waals surface area contributed by atoms with E-state index in [0.29, 0.717) is 22.1 Å². The number of nitrogens with one attached hydrogen (secondary N) is 2. The van der Waals surface area contributed by atoms with Crippen LogP contribution in [0.15, 0.2) is 47.4 Å². The number of methoxy groups -OCH3 is 1. The second-order valence-electron chi connectivity index (χ2n) is 5.66. The molecule has 28 heavy (non-hydrogen) atoms. The number of ether oxygens (including phenoxy) is 1. The first kappa shape index (κ1) is 21.6. The summed E-state index contributed by atoms with van der Waals surface area (Å²) in [7, 11) is 1.51. The molecule has 0 radical (unpaired) electrons. The number of halogens is 1. The van der Waals surface area contributed by atoms with Crippen molar-refractivity contribution < 1.29 is 24.2 Å². The van der Waals surface area contributed by atoms with E-state index in [9.17, 15) is 14.4 Å². The summed E-state index contributed by atoms with van der Waals surface area (Å²) in [5, 5.41) is 14.4. The minimum Gasteiger partial charge on any atom is -0.495 e. The van der Waals surface area contributed by atoms with Crippen molar-refractivity contribution in [3.8, 4) is 5.75 Å². The molecule has 0 aliphatic carbocycles. The van der Waals surface area contributed by atoms with E-state index in [1.807, 2.05) is 6.07 Å². The van der Waals surface area contributed by atoms with Crippen LogP contribution in [0.1, 0.15) is 12.8 Å². The first-order chi connectivity index (χ1) is 13.4. The number of carbonyl (C=O) groups excluding carboxylic acids is 2. The molecule has 0 aliphatic heterocycles. The van der Waals surface area contributed by atoms with E-state index in [0.717, 1.165) is 4.90 Å². The summed E-state index contributed by atoms with van der Waals surface area (Å²) in [5.74, 6) is -0.916. The molecule has 148 valence electrons. The van der Waals surface area contributed by atoms with Gasteiger partial charge in [0.05, 0.1) is 24.3 Å². The van der Waals surface area contributed by atoms with Gasteiger partial charge in [-0.05, 0) is 36.4 Å². The lowest BCUT2D eigenvalue weighted by Crippen LogP contribution is -2.14. The fourth-order valence-corrected chi connectivity index (χ4v) is 3.21. The summed E-state index contributed by atoms with van der Waals surface area (Å²) in [4.78, 5) is 35.1. The molecular formula is C19H19ClN2O5S. The predicted octanol–water partition coefficient (Wildman–Crippen LogP) is 3.88. The summed E-state index contributed by atoms with van der Waals surface area (Å²) in [6.07, 6.45) is -0.324. The Morgan fingerprint density at radius 3 is 2.43 bits per heavy atom. The smallest absolute Gasteiger partial charge is 0.303 e. The third kappa shape index (κ3) is 7.13. The number of anilines is 2. The SMILES string of the molecule is COc1ccc(NC(=O)CSc2cccc(NC(=O)CCC(=O)O)c2)cc1Cl. The van der Waals surface area contributed by atoms with Crippen LogP contribution in [0.4, 0.5) is 11.4 Å². The Hall–Kier alpha value is -2.71. The zero-order valence-corrected chi connectivity index (χ0v) is 16.6. The van der Waals surface area contributed by atoms with E-state index in [2.05, 4.69) is 10.6 Å². The molecule has 7 nitrogen and oxygen atoms in total. The Balaban J connectivity index is 1.86. The van der Waals surface area contributed by atoms with Gasteiger partial charge in [-0.2, -0.15) is 0 Å². The molecule has 0 unspecified atom stereocenters. The number of benzene rings is 2. The summed E-state index contributed by atoms with van der Waals surface area (Å²) in [6, 6.07) is 12.0. The highest BCUT2D eigenvalue weighted by molar-refractivity contribution is 8.00. The van der Waals surface area contributed by atoms with Gasteiger partial charge in [0.15, 0.2) is 0 Å². The van der Waals surface area contributed by atoms with Crippen molar-refractivity contribution in [1.29, 1.82) is 0 Å². The lowest BCUT2D eigenvalue weighted by molar-refractivity contribution is -0.138. The number of hydrogen-bond donors (Lipinski definition) is 3. The third-order valence-corrected chi connectivity index (χ3v) is 4.78. The molecule has 0 heterocycles. The van der Waals surface area contributed by atoms with Gasteiger partial charge in [-0.15, -0.1) is 11.8 Å². The molecule has 2 aromatic rings. The average molecular weight is 423 g/mol. The van der Waals surface area contributed by atoms with Crippen LogP contribution in [-0.2, 0) is 14.4 Å². The quantitative estimate of drug-likeness (QED) is 0.529. The fourth-order valence-electron chi connectivity index (χ4n) is 2.20. The summed E-state index contributed by atoms with van der Waals surface area (Å²) in [6.45, 7) is 0. The Morgan fingerprint density at radius 1 is 1.04 bits per heavy atom. The van der Waals surface area contributed by atoms with Crippen molar-refractivity contribution in [3.63, 3.8) is 0 Å². The molecule has 0 aliphatic rings. The molecule has 0 saturated heterocycles. The number of carboxylic acid groups (broad SMARTS) is 1. The third-order valence-electron chi connectivity index (χ3n) is 3.49. The monoisotopic (exact) mass is 422 g/mol. The Kier molecular flexibility index (Phi) is 8.16. The van der Waals surface area contributed by atoms with Crippen molar-refractivity contribution in [1.82, 2.24) is 0 Å². The molecule has 0 saturated carbocycles. The molecule has 9 heteroatoms.